The van der Waals surface area contributed by atoms with Gasteiger partial charge in [-0.15, -0.1) is 0 Å². The molecule has 0 aliphatic heterocycles. The van der Waals surface area contributed by atoms with Gasteiger partial charge in [-0.25, -0.2) is 0 Å². The Morgan fingerprint density at radius 1 is 0.679 bits per heavy atom. The minimum atomic E-state index is -0.932. The van der Waals surface area contributed by atoms with Crippen LogP contribution in [0.15, 0.2) is 60.7 Å². The molecular formula is C25H19Hg2N. The van der Waals surface area contributed by atoms with E-state index in [0.717, 1.165) is 11.1 Å². The van der Waals surface area contributed by atoms with E-state index in [1.54, 1.807) is 0 Å². The molecule has 3 aromatic carbocycles. The van der Waals surface area contributed by atoms with Crippen LogP contribution in [0, 0.1) is 25.6 Å². The molecule has 0 aliphatic rings. The van der Waals surface area contributed by atoms with Crippen molar-refractivity contribution in [3.63, 3.8) is 0 Å². The van der Waals surface area contributed by atoms with Crippen LogP contribution in [0.5, 0.6) is 0 Å². The van der Waals surface area contributed by atoms with Crippen molar-refractivity contribution in [3.05, 3.63) is 77.4 Å². The number of hydrogen-bond donors (Lipinski definition) is 0. The summed E-state index contributed by atoms with van der Waals surface area (Å²) in [7, 11) is 0. The van der Waals surface area contributed by atoms with E-state index in [4.69, 9.17) is 0 Å². The zero-order valence-corrected chi connectivity index (χ0v) is 27.6. The van der Waals surface area contributed by atoms with Crippen molar-refractivity contribution in [2.75, 3.05) is 0 Å². The van der Waals surface area contributed by atoms with Crippen molar-refractivity contribution in [2.24, 2.45) is 0 Å². The number of benzene rings is 3. The Balaban J connectivity index is 2.05. The number of fused-ring (bicyclic) bond motifs is 3. The summed E-state index contributed by atoms with van der Waals surface area (Å²) in [6.45, 7) is 2.13. The van der Waals surface area contributed by atoms with E-state index in [2.05, 4.69) is 99.7 Å². The quantitative estimate of drug-likeness (QED) is 0.168. The van der Waals surface area contributed by atoms with E-state index in [-0.39, 0.29) is 0 Å². The third kappa shape index (κ3) is 3.94. The Hall–Kier alpha value is -1.55. The Kier molecular flexibility index (Phi) is 6.25. The van der Waals surface area contributed by atoms with Crippen LogP contribution in [0.1, 0.15) is 16.7 Å². The molecule has 1 aromatic heterocycles. The summed E-state index contributed by atoms with van der Waals surface area (Å²) in [5, 5.41) is 2.53. The zero-order valence-electron chi connectivity index (χ0n) is 16.6. The molecule has 28 heavy (non-hydrogen) atoms. The predicted molar refractivity (Wildman–Crippen MR) is 111 cm³/mol. The summed E-state index contributed by atoms with van der Waals surface area (Å²) >= 11 is -1.86. The van der Waals surface area contributed by atoms with Crippen LogP contribution in [0.2, 0.25) is 8.86 Å². The van der Waals surface area contributed by atoms with Gasteiger partial charge < -0.3 is 0 Å². The molecule has 128 valence electrons. The van der Waals surface area contributed by atoms with Crippen molar-refractivity contribution in [1.82, 2.24) is 4.57 Å². The second kappa shape index (κ2) is 8.86. The molecule has 0 bridgehead atoms. The summed E-state index contributed by atoms with van der Waals surface area (Å²) in [6, 6.07) is 22.0. The Morgan fingerprint density at radius 3 is 1.64 bits per heavy atom. The molecule has 0 N–H and O–H groups in total. The van der Waals surface area contributed by atoms with Crippen LogP contribution < -0.4 is 0 Å². The average Bonchev–Trinajstić information content (AvgIpc) is 3.04. The fraction of sp³-hybridized carbons (Fsp3) is 0.120. The molecule has 0 aliphatic carbocycles. The molecule has 0 saturated carbocycles. The molecule has 0 unspecified atom stereocenters. The number of nitrogens with zero attached hydrogens (tertiary/aromatic N) is 1. The van der Waals surface area contributed by atoms with E-state index in [1.165, 1.54) is 33.1 Å². The maximum absolute atomic E-state index is 3.41. The summed E-state index contributed by atoms with van der Waals surface area (Å²) in [4.78, 5) is 0. The van der Waals surface area contributed by atoms with Gasteiger partial charge in [0, 0.05) is 0 Å². The summed E-state index contributed by atoms with van der Waals surface area (Å²) < 4.78 is 13.8. The Morgan fingerprint density at radius 2 is 1.18 bits per heavy atom. The van der Waals surface area contributed by atoms with Crippen LogP contribution in [0.4, 0.5) is 0 Å². The summed E-state index contributed by atoms with van der Waals surface area (Å²) in [6.07, 6.45) is 0. The molecule has 4 rings (SSSR count). The molecule has 0 atom stereocenters. The standard InChI is InChI=1S/C23H13N.2CH3.2Hg/c1-4-17-8-12-22-20(14-17)21-15-18(5-2)9-13-23(21)24(22)19-10-6-16(3)7-11-19;;;;/h6-15H,3H3;2*1H3;;. The summed E-state index contributed by atoms with van der Waals surface area (Å²) in [5.74, 6) is 6.75. The molecule has 1 nitrogen and oxygen atoms in total. The monoisotopic (exact) mass is 737 g/mol. The van der Waals surface area contributed by atoms with Gasteiger partial charge in [0.25, 0.3) is 0 Å². The number of aromatic nitrogens is 1. The number of hydrogen-bond acceptors (Lipinski definition) is 0. The van der Waals surface area contributed by atoms with Gasteiger partial charge in [-0.05, 0) is 0 Å². The first-order valence-corrected chi connectivity index (χ1v) is 26.3. The van der Waals surface area contributed by atoms with Crippen molar-refractivity contribution in [3.8, 4) is 24.4 Å². The van der Waals surface area contributed by atoms with E-state index >= 15 is 0 Å². The first-order valence-electron chi connectivity index (χ1n) is 9.84. The fourth-order valence-electron chi connectivity index (χ4n) is 3.53. The van der Waals surface area contributed by atoms with E-state index in [0.29, 0.717) is 0 Å². The van der Waals surface area contributed by atoms with Gasteiger partial charge in [0.1, 0.15) is 0 Å². The first-order chi connectivity index (χ1) is 13.7. The molecular weight excluding hydrogens is 715 g/mol. The van der Waals surface area contributed by atoms with Gasteiger partial charge in [-0.3, -0.25) is 0 Å². The molecule has 0 radical (unpaired) electrons. The molecule has 3 heteroatoms. The SMILES string of the molecule is [CH3][Hg][C]#Cc1ccc2c(c1)c1cc(C#[C][Hg][CH3])ccc1n2-c1ccc(C)cc1. The van der Waals surface area contributed by atoms with E-state index in [9.17, 15) is 0 Å². The van der Waals surface area contributed by atoms with Gasteiger partial charge in [0.15, 0.2) is 0 Å². The Bertz CT molecular complexity index is 1210. The molecule has 0 spiro atoms. The van der Waals surface area contributed by atoms with E-state index < -0.39 is 49.1 Å². The number of aryl methyl sites for hydroxylation is 1. The second-order valence-corrected chi connectivity index (χ2v) is 15.2. The third-order valence-corrected chi connectivity index (χ3v) is 9.00. The van der Waals surface area contributed by atoms with Gasteiger partial charge in [0.05, 0.1) is 0 Å². The van der Waals surface area contributed by atoms with Crippen molar-refractivity contribution in [2.45, 2.75) is 15.8 Å². The average molecular weight is 735 g/mol. The maximum atomic E-state index is 3.41. The van der Waals surface area contributed by atoms with Crippen LogP contribution in [-0.2, 0) is 49.1 Å². The molecule has 0 saturated heterocycles. The molecule has 0 amide bonds. The van der Waals surface area contributed by atoms with Crippen LogP contribution >= 0.6 is 0 Å². The van der Waals surface area contributed by atoms with E-state index in [1.807, 2.05) is 0 Å². The normalized spacial score (nSPS) is 9.82. The summed E-state index contributed by atoms with van der Waals surface area (Å²) in [5.41, 5.74) is 7.17. The third-order valence-electron chi connectivity index (χ3n) is 4.88. The fourth-order valence-corrected chi connectivity index (χ4v) is 6.49. The van der Waals surface area contributed by atoms with Crippen LogP contribution in [-0.4, -0.2) is 4.57 Å². The minimum absolute atomic E-state index is 0.932. The topological polar surface area (TPSA) is 4.93 Å². The van der Waals surface area contributed by atoms with Crippen LogP contribution in [0.3, 0.4) is 0 Å². The zero-order chi connectivity index (χ0) is 19.5. The predicted octanol–water partition coefficient (Wildman–Crippen LogP) is 5.97. The molecule has 0 fully saturated rings. The molecule has 4 aromatic rings. The van der Waals surface area contributed by atoms with Gasteiger partial charge in [0.2, 0.25) is 0 Å². The van der Waals surface area contributed by atoms with Gasteiger partial charge in [-0.2, -0.15) is 0 Å². The van der Waals surface area contributed by atoms with Crippen LogP contribution in [0.25, 0.3) is 27.5 Å². The number of rotatable bonds is 1. The second-order valence-electron chi connectivity index (χ2n) is 6.95. The van der Waals surface area contributed by atoms with Crippen molar-refractivity contribution < 1.29 is 49.1 Å². The van der Waals surface area contributed by atoms with Crippen molar-refractivity contribution in [1.29, 1.82) is 0 Å². The van der Waals surface area contributed by atoms with Crippen molar-refractivity contribution >= 4 is 21.8 Å². The first kappa shape index (κ1) is 19.8. The molecule has 1 heterocycles. The van der Waals surface area contributed by atoms with Gasteiger partial charge in [-0.1, -0.05) is 0 Å². The Labute approximate surface area is 191 Å². The van der Waals surface area contributed by atoms with Gasteiger partial charge >= 0.3 is 193 Å².